The zero-order valence-electron chi connectivity index (χ0n) is 33.5. The van der Waals surface area contributed by atoms with E-state index in [9.17, 15) is 29.9 Å². The normalized spacial score (nSPS) is 35.8. The maximum atomic E-state index is 14.4. The maximum Gasteiger partial charge on any atom is 0.336 e. The summed E-state index contributed by atoms with van der Waals surface area (Å²) in [7, 11) is 0. The Bertz CT molecular complexity index is 1690. The Kier molecular flexibility index (Phi) is 11.5. The van der Waals surface area contributed by atoms with Crippen molar-refractivity contribution in [3.63, 3.8) is 0 Å². The molecule has 1 unspecified atom stereocenters. The zero-order valence-corrected chi connectivity index (χ0v) is 33.5. The first-order valence-corrected chi connectivity index (χ1v) is 19.5. The molecule has 4 fully saturated rings. The largest absolute Gasteiger partial charge is 0.458 e. The average molecular weight is 732 g/mol. The highest BCUT2D eigenvalue weighted by Gasteiger charge is 2.71. The third-order valence-electron chi connectivity index (χ3n) is 14.2. The van der Waals surface area contributed by atoms with E-state index < -0.39 is 47.7 Å². The zero-order chi connectivity index (χ0) is 39.3. The number of carbonyl (C=O) groups excluding carboxylic acids is 3. The summed E-state index contributed by atoms with van der Waals surface area (Å²) in [6, 6.07) is 9.54. The molecule has 53 heavy (non-hydrogen) atoms. The smallest absolute Gasteiger partial charge is 0.336 e. The number of fused-ring (bicyclic) bond motifs is 5. The summed E-state index contributed by atoms with van der Waals surface area (Å²) >= 11 is 0. The van der Waals surface area contributed by atoms with Crippen molar-refractivity contribution in [1.29, 1.82) is 5.26 Å². The number of rotatable bonds is 8. The summed E-state index contributed by atoms with van der Waals surface area (Å²) in [5.74, 6) is -1.48. The van der Waals surface area contributed by atoms with Crippen LogP contribution in [-0.2, 0) is 28.6 Å². The van der Waals surface area contributed by atoms with Crippen LogP contribution in [-0.4, -0.2) is 53.2 Å². The summed E-state index contributed by atoms with van der Waals surface area (Å²) in [5.41, 5.74) is 2.89. The van der Waals surface area contributed by atoms with Crippen molar-refractivity contribution in [2.24, 2.45) is 45.3 Å². The maximum absolute atomic E-state index is 14.4. The van der Waals surface area contributed by atoms with Crippen molar-refractivity contribution in [3.8, 4) is 6.07 Å². The van der Waals surface area contributed by atoms with Crippen molar-refractivity contribution in [2.75, 3.05) is 6.79 Å². The van der Waals surface area contributed by atoms with E-state index in [4.69, 9.17) is 14.2 Å². The molecule has 5 rings (SSSR count). The fraction of sp³-hybridized carbons (Fsp3) is 0.682. The Labute approximate surface area is 316 Å². The number of nitriles is 1. The van der Waals surface area contributed by atoms with Gasteiger partial charge in [-0.1, -0.05) is 45.4 Å². The van der Waals surface area contributed by atoms with E-state index >= 15 is 0 Å². The third kappa shape index (κ3) is 7.35. The van der Waals surface area contributed by atoms with E-state index in [2.05, 4.69) is 33.8 Å². The van der Waals surface area contributed by atoms with E-state index in [1.807, 2.05) is 26.0 Å². The molecule has 0 radical (unpaired) electrons. The van der Waals surface area contributed by atoms with Crippen LogP contribution in [0, 0.1) is 56.7 Å². The lowest BCUT2D eigenvalue weighted by atomic mass is 9.36. The molecule has 0 saturated heterocycles. The van der Waals surface area contributed by atoms with E-state index in [-0.39, 0.29) is 47.0 Å². The number of esters is 3. The summed E-state index contributed by atoms with van der Waals surface area (Å²) in [5, 5.41) is 32.6. The van der Waals surface area contributed by atoms with Crippen LogP contribution in [0.2, 0.25) is 0 Å². The van der Waals surface area contributed by atoms with Gasteiger partial charge in [0.1, 0.15) is 6.10 Å². The van der Waals surface area contributed by atoms with Crippen molar-refractivity contribution in [2.45, 2.75) is 139 Å². The second-order valence-electron chi connectivity index (χ2n) is 18.4. The third-order valence-corrected chi connectivity index (χ3v) is 14.2. The van der Waals surface area contributed by atoms with E-state index in [1.54, 1.807) is 32.9 Å². The molecule has 4 aliphatic carbocycles. The number of hydrogen-bond acceptors (Lipinski definition) is 9. The Morgan fingerprint density at radius 1 is 0.925 bits per heavy atom. The van der Waals surface area contributed by atoms with Gasteiger partial charge in [0.05, 0.1) is 29.3 Å². The first-order valence-electron chi connectivity index (χ1n) is 19.5. The molecule has 1 aromatic rings. The standard InChI is InChI=1S/C44H61NO8/c1-25(2)30(29-13-11-28(23-45)12-14-29)15-16-31(39(49)51-24-52-40(50)41(5,6)7)37-33-21-35(48)38-42(8)19-18-34(47)26(3)32(42)17-20-43(38,9)44(33,10)22-36(37)53-27(4)46/h11-14,26,32-36,38,47-48H,15-22,24H2,1-10H3/t26-,32?,33+,34+,35+,36-,38+,42-,43-,44-/m0/s1. The van der Waals surface area contributed by atoms with Crippen LogP contribution >= 0.6 is 0 Å². The Balaban J connectivity index is 1.60. The number of aliphatic hydroxyl groups is 2. The van der Waals surface area contributed by atoms with Crippen molar-refractivity contribution in [1.82, 2.24) is 0 Å². The van der Waals surface area contributed by atoms with E-state index in [1.165, 1.54) is 6.92 Å². The molecule has 0 heterocycles. The predicted octanol–water partition coefficient (Wildman–Crippen LogP) is 8.07. The molecule has 1 aromatic carbocycles. The second kappa shape index (κ2) is 15.0. The van der Waals surface area contributed by atoms with Gasteiger partial charge in [-0.3, -0.25) is 9.59 Å². The van der Waals surface area contributed by atoms with Gasteiger partial charge in [-0.15, -0.1) is 0 Å². The molecule has 10 atom stereocenters. The predicted molar refractivity (Wildman–Crippen MR) is 201 cm³/mol. The monoisotopic (exact) mass is 731 g/mol. The summed E-state index contributed by atoms with van der Waals surface area (Å²) in [4.78, 5) is 39.8. The minimum atomic E-state index is -0.783. The molecule has 0 bridgehead atoms. The van der Waals surface area contributed by atoms with Crippen LogP contribution in [0.4, 0.5) is 0 Å². The fourth-order valence-corrected chi connectivity index (χ4v) is 11.4. The Morgan fingerprint density at radius 2 is 1.58 bits per heavy atom. The van der Waals surface area contributed by atoms with Crippen molar-refractivity contribution < 1.29 is 38.8 Å². The number of benzene rings is 1. The lowest BCUT2D eigenvalue weighted by molar-refractivity contribution is -0.234. The van der Waals surface area contributed by atoms with Crippen LogP contribution in [0.15, 0.2) is 41.0 Å². The van der Waals surface area contributed by atoms with Crippen LogP contribution in [0.3, 0.4) is 0 Å². The molecule has 9 heteroatoms. The number of nitrogens with zero attached hydrogens (tertiary/aromatic N) is 1. The van der Waals surface area contributed by atoms with Gasteiger partial charge in [0, 0.05) is 12.5 Å². The summed E-state index contributed by atoms with van der Waals surface area (Å²) in [6.45, 7) is 19.1. The Hall–Kier alpha value is -3.48. The highest BCUT2D eigenvalue weighted by molar-refractivity contribution is 5.90. The molecule has 0 spiro atoms. The van der Waals surface area contributed by atoms with Gasteiger partial charge in [0.25, 0.3) is 0 Å². The van der Waals surface area contributed by atoms with E-state index in [0.717, 1.165) is 36.0 Å². The molecular weight excluding hydrogens is 670 g/mol. The second-order valence-corrected chi connectivity index (χ2v) is 18.4. The first kappa shape index (κ1) is 40.7. The lowest BCUT2D eigenvalue weighted by Crippen LogP contribution is -2.65. The fourth-order valence-electron chi connectivity index (χ4n) is 11.4. The van der Waals surface area contributed by atoms with Gasteiger partial charge in [-0.05, 0) is 155 Å². The van der Waals surface area contributed by atoms with Gasteiger partial charge in [-0.25, -0.2) is 4.79 Å². The van der Waals surface area contributed by atoms with Crippen LogP contribution in [0.5, 0.6) is 0 Å². The molecular formula is C44H61NO8. The molecule has 2 N–H and O–H groups in total. The lowest BCUT2D eigenvalue weighted by Gasteiger charge is -2.69. The average Bonchev–Trinajstić information content (AvgIpc) is 3.35. The van der Waals surface area contributed by atoms with Gasteiger partial charge in [0.2, 0.25) is 6.79 Å². The number of allylic oxidation sites excluding steroid dienone is 2. The number of ether oxygens (including phenoxy) is 3. The van der Waals surface area contributed by atoms with Crippen molar-refractivity contribution >= 4 is 23.5 Å². The molecule has 0 aliphatic heterocycles. The minimum Gasteiger partial charge on any atom is -0.458 e. The number of hydrogen-bond donors (Lipinski definition) is 2. The topological polar surface area (TPSA) is 143 Å². The van der Waals surface area contributed by atoms with Gasteiger partial charge >= 0.3 is 17.9 Å². The minimum absolute atomic E-state index is 0.0388. The molecule has 9 nitrogen and oxygen atoms in total. The highest BCUT2D eigenvalue weighted by atomic mass is 16.7. The first-order chi connectivity index (χ1) is 24.7. The summed E-state index contributed by atoms with van der Waals surface area (Å²) < 4.78 is 17.2. The number of aliphatic hydroxyl groups excluding tert-OH is 2. The van der Waals surface area contributed by atoms with E-state index in [0.29, 0.717) is 42.4 Å². The SMILES string of the molecule is CC(=O)O[C@H]1C[C@@]2(C)[C@H](C[C@@H](O)[C@@H]3[C@@]4(C)CC[C@@H](O)[C@@H](C)C4CC[C@@]32C)C1=C(CCC(=C(C)C)c1ccc(C#N)cc1)C(=O)OCOC(=O)C(C)(C)C. The molecule has 0 aromatic heterocycles. The quantitative estimate of drug-likeness (QED) is 0.154. The highest BCUT2D eigenvalue weighted by Crippen LogP contribution is 2.74. The molecule has 4 aliphatic rings. The Morgan fingerprint density at radius 3 is 2.17 bits per heavy atom. The molecule has 290 valence electrons. The van der Waals surface area contributed by atoms with Gasteiger partial charge in [0.15, 0.2) is 0 Å². The van der Waals surface area contributed by atoms with Crippen LogP contribution in [0.1, 0.15) is 132 Å². The van der Waals surface area contributed by atoms with Crippen molar-refractivity contribution in [3.05, 3.63) is 52.1 Å². The number of carbonyl (C=O) groups is 3. The van der Waals surface area contributed by atoms with Crippen LogP contribution < -0.4 is 0 Å². The van der Waals surface area contributed by atoms with Gasteiger partial charge in [-0.2, -0.15) is 5.26 Å². The molecule has 0 amide bonds. The molecule has 4 saturated carbocycles. The van der Waals surface area contributed by atoms with Gasteiger partial charge < -0.3 is 24.4 Å². The summed E-state index contributed by atoms with van der Waals surface area (Å²) in [6.07, 6.45) is 3.24. The van der Waals surface area contributed by atoms with Crippen LogP contribution in [0.25, 0.3) is 5.57 Å².